The van der Waals surface area contributed by atoms with Gasteiger partial charge in [-0.3, -0.25) is 4.57 Å². The average Bonchev–Trinajstić information content (AvgIpc) is 2.76. The molecule has 0 saturated carbocycles. The molecule has 2 aromatic heterocycles. The van der Waals surface area contributed by atoms with Gasteiger partial charge in [0.1, 0.15) is 11.3 Å². The van der Waals surface area contributed by atoms with Crippen molar-refractivity contribution in [1.29, 1.82) is 0 Å². The van der Waals surface area contributed by atoms with Crippen molar-refractivity contribution < 1.29 is 0 Å². The first kappa shape index (κ1) is 14.5. The van der Waals surface area contributed by atoms with E-state index in [1.54, 1.807) is 6.20 Å². The summed E-state index contributed by atoms with van der Waals surface area (Å²) in [6.45, 7) is 0. The Hall–Kier alpha value is -0.430. The minimum atomic E-state index is 0.316. The number of imidazole rings is 1. The van der Waals surface area contributed by atoms with Gasteiger partial charge in [0.05, 0.1) is 11.6 Å². The van der Waals surface area contributed by atoms with Gasteiger partial charge in [0.2, 0.25) is 0 Å². The van der Waals surface area contributed by atoms with Crippen LogP contribution in [-0.4, -0.2) is 14.5 Å². The second kappa shape index (κ2) is 5.75. The number of hydrogen-bond acceptors (Lipinski definition) is 2. The monoisotopic (exact) mass is 477 g/mol. The van der Waals surface area contributed by atoms with E-state index in [-0.39, 0.29) is 0 Å². The summed E-state index contributed by atoms with van der Waals surface area (Å²) in [4.78, 5) is 8.99. The molecule has 3 rings (SSSR count). The summed E-state index contributed by atoms with van der Waals surface area (Å²) >= 11 is 16.5. The molecule has 0 fully saturated rings. The second-order valence-corrected chi connectivity index (χ2v) is 7.04. The molecule has 102 valence electrons. The lowest BCUT2D eigenvalue weighted by Crippen LogP contribution is -2.01. The molecule has 0 radical (unpaired) electrons. The molecule has 2 heterocycles. The molecule has 0 amide bonds. The van der Waals surface area contributed by atoms with Crippen LogP contribution in [0.4, 0.5) is 0 Å². The molecule has 3 aromatic rings. The number of fused-ring (bicyclic) bond motifs is 1. The van der Waals surface area contributed by atoms with Crippen molar-refractivity contribution in [2.24, 2.45) is 0 Å². The van der Waals surface area contributed by atoms with Gasteiger partial charge in [-0.25, -0.2) is 9.97 Å². The molecular weight excluding hydrogens is 473 g/mol. The van der Waals surface area contributed by atoms with Crippen molar-refractivity contribution in [3.05, 3.63) is 49.7 Å². The van der Waals surface area contributed by atoms with Gasteiger partial charge in [-0.2, -0.15) is 0 Å². The maximum Gasteiger partial charge on any atom is 0.164 e. The molecule has 1 aromatic carbocycles. The van der Waals surface area contributed by atoms with Crippen LogP contribution in [0.15, 0.2) is 43.9 Å². The Bertz CT molecular complexity index is 801. The quantitative estimate of drug-likeness (QED) is 0.457. The third kappa shape index (κ3) is 2.54. The molecule has 7 heteroatoms. The van der Waals surface area contributed by atoms with Gasteiger partial charge >= 0.3 is 0 Å². The van der Waals surface area contributed by atoms with Gasteiger partial charge < -0.3 is 0 Å². The number of pyridine rings is 1. The summed E-state index contributed by atoms with van der Waals surface area (Å²) < 4.78 is 4.80. The van der Waals surface area contributed by atoms with E-state index in [0.29, 0.717) is 5.88 Å². The Labute approximate surface area is 145 Å². The lowest BCUT2D eigenvalue weighted by molar-refractivity contribution is 0.964. The Morgan fingerprint density at radius 1 is 1.10 bits per heavy atom. The zero-order valence-corrected chi connectivity index (χ0v) is 15.5. The van der Waals surface area contributed by atoms with Gasteiger partial charge in [0.15, 0.2) is 5.65 Å². The van der Waals surface area contributed by atoms with Gasteiger partial charge in [-0.05, 0) is 56.1 Å². The van der Waals surface area contributed by atoms with E-state index in [2.05, 4.69) is 57.8 Å². The molecule has 0 atom stereocenters. The number of halogens is 4. The van der Waals surface area contributed by atoms with Crippen molar-refractivity contribution in [2.45, 2.75) is 5.88 Å². The highest BCUT2D eigenvalue weighted by molar-refractivity contribution is 9.11. The molecule has 0 N–H and O–H groups in total. The predicted molar refractivity (Wildman–Crippen MR) is 91.5 cm³/mol. The summed E-state index contributed by atoms with van der Waals surface area (Å²) in [5, 5.41) is 0. The first-order chi connectivity index (χ1) is 9.60. The number of nitrogens with zero attached hydrogens (tertiary/aromatic N) is 3. The molecule has 20 heavy (non-hydrogen) atoms. The Balaban J connectivity index is 2.34. The summed E-state index contributed by atoms with van der Waals surface area (Å²) in [7, 11) is 0. The van der Waals surface area contributed by atoms with E-state index in [0.717, 1.165) is 36.1 Å². The van der Waals surface area contributed by atoms with Crippen molar-refractivity contribution in [3.8, 4) is 5.69 Å². The summed E-state index contributed by atoms with van der Waals surface area (Å²) in [6, 6.07) is 7.89. The molecule has 3 nitrogen and oxygen atoms in total. The summed E-state index contributed by atoms with van der Waals surface area (Å²) in [5.74, 6) is 1.08. The number of aromatic nitrogens is 3. The third-order valence-corrected chi connectivity index (χ3v) is 4.60. The zero-order chi connectivity index (χ0) is 14.3. The molecule has 0 saturated heterocycles. The highest BCUT2D eigenvalue weighted by atomic mass is 79.9. The molecule has 0 aliphatic heterocycles. The average molecular weight is 480 g/mol. The van der Waals surface area contributed by atoms with Crippen LogP contribution in [0.5, 0.6) is 0 Å². The Morgan fingerprint density at radius 3 is 2.60 bits per heavy atom. The number of alkyl halides is 1. The third-order valence-electron chi connectivity index (χ3n) is 2.80. The van der Waals surface area contributed by atoms with Gasteiger partial charge in [0.25, 0.3) is 0 Å². The first-order valence-electron chi connectivity index (χ1n) is 5.64. The fraction of sp³-hybridized carbons (Fsp3) is 0.0769. The zero-order valence-electron chi connectivity index (χ0n) is 9.95. The molecule has 0 spiro atoms. The van der Waals surface area contributed by atoms with Gasteiger partial charge in [0, 0.05) is 19.6 Å². The molecule has 0 aliphatic carbocycles. The van der Waals surface area contributed by atoms with E-state index in [9.17, 15) is 0 Å². The van der Waals surface area contributed by atoms with Crippen LogP contribution in [0.3, 0.4) is 0 Å². The van der Waals surface area contributed by atoms with E-state index >= 15 is 0 Å². The Kier molecular flexibility index (Phi) is 4.17. The maximum absolute atomic E-state index is 6.03. The fourth-order valence-electron chi connectivity index (χ4n) is 1.99. The molecule has 0 aliphatic rings. The van der Waals surface area contributed by atoms with Crippen molar-refractivity contribution >= 4 is 70.6 Å². The van der Waals surface area contributed by atoms with Crippen LogP contribution in [0, 0.1) is 0 Å². The molecule has 0 unspecified atom stereocenters. The first-order valence-corrected chi connectivity index (χ1v) is 8.56. The van der Waals surface area contributed by atoms with Gasteiger partial charge in [-0.15, -0.1) is 11.6 Å². The normalized spacial score (nSPS) is 11.2. The van der Waals surface area contributed by atoms with Crippen LogP contribution < -0.4 is 0 Å². The van der Waals surface area contributed by atoms with Crippen LogP contribution in [0.2, 0.25) is 0 Å². The molecule has 0 bridgehead atoms. The Morgan fingerprint density at radius 2 is 1.90 bits per heavy atom. The second-order valence-electron chi connectivity index (χ2n) is 4.09. The van der Waals surface area contributed by atoms with E-state index in [1.165, 1.54) is 0 Å². The minimum absolute atomic E-state index is 0.316. The number of hydrogen-bond donors (Lipinski definition) is 0. The maximum atomic E-state index is 6.03. The van der Waals surface area contributed by atoms with Crippen LogP contribution in [0.1, 0.15) is 5.82 Å². The lowest BCUT2D eigenvalue weighted by atomic mass is 10.3. The summed E-state index contributed by atoms with van der Waals surface area (Å²) in [6.07, 6.45) is 1.76. The van der Waals surface area contributed by atoms with E-state index < -0.39 is 0 Å². The smallest absolute Gasteiger partial charge is 0.164 e. The number of benzene rings is 1. The van der Waals surface area contributed by atoms with Crippen molar-refractivity contribution in [2.75, 3.05) is 0 Å². The highest BCUT2D eigenvalue weighted by Crippen LogP contribution is 2.30. The largest absolute Gasteiger partial charge is 0.279 e. The van der Waals surface area contributed by atoms with Crippen molar-refractivity contribution in [3.63, 3.8) is 0 Å². The summed E-state index contributed by atoms with van der Waals surface area (Å²) in [5.41, 5.74) is 2.55. The van der Waals surface area contributed by atoms with Crippen molar-refractivity contribution in [1.82, 2.24) is 14.5 Å². The standard InChI is InChI=1S/C13H7Br3ClN3/c14-7-1-2-11(9(16)3-7)20-12(5-17)19-10-4-8(15)6-18-13(10)20/h1-4,6H,5H2. The van der Waals surface area contributed by atoms with E-state index in [1.807, 2.05) is 28.8 Å². The SMILES string of the molecule is ClCc1nc2cc(Br)cnc2n1-c1ccc(Br)cc1Br. The topological polar surface area (TPSA) is 30.7 Å². The van der Waals surface area contributed by atoms with Gasteiger partial charge in [-0.1, -0.05) is 15.9 Å². The minimum Gasteiger partial charge on any atom is -0.279 e. The molecular formula is C13H7Br3ClN3. The lowest BCUT2D eigenvalue weighted by Gasteiger charge is -2.09. The fourth-order valence-corrected chi connectivity index (χ4v) is 3.72. The van der Waals surface area contributed by atoms with Crippen LogP contribution >= 0.6 is 59.4 Å². The predicted octanol–water partition coefficient (Wildman–Crippen LogP) is 5.45. The van der Waals surface area contributed by atoms with Crippen LogP contribution in [0.25, 0.3) is 16.9 Å². The van der Waals surface area contributed by atoms with E-state index in [4.69, 9.17) is 11.6 Å². The number of rotatable bonds is 2. The highest BCUT2D eigenvalue weighted by Gasteiger charge is 2.15. The van der Waals surface area contributed by atoms with Crippen LogP contribution in [-0.2, 0) is 5.88 Å².